The van der Waals surface area contributed by atoms with Gasteiger partial charge in [-0.2, -0.15) is 0 Å². The van der Waals surface area contributed by atoms with E-state index in [0.29, 0.717) is 23.6 Å². The summed E-state index contributed by atoms with van der Waals surface area (Å²) < 4.78 is 56.0. The molecule has 0 aliphatic heterocycles. The summed E-state index contributed by atoms with van der Waals surface area (Å²) in [7, 11) is 4.29. The highest BCUT2D eigenvalue weighted by molar-refractivity contribution is 5.96. The van der Waals surface area contributed by atoms with Gasteiger partial charge in [-0.15, -0.1) is 0 Å². The molecule has 9 nitrogen and oxygen atoms in total. The monoisotopic (exact) mass is 517 g/mol. The summed E-state index contributed by atoms with van der Waals surface area (Å²) in [6.07, 6.45) is -2.18. The Bertz CT molecular complexity index is 1250. The lowest BCUT2D eigenvalue weighted by molar-refractivity contribution is 0.0601. The molecule has 0 spiro atoms. The summed E-state index contributed by atoms with van der Waals surface area (Å²) in [6.45, 7) is 0.263. The molecule has 0 unspecified atom stereocenters. The molecule has 0 amide bonds. The van der Waals surface area contributed by atoms with Crippen molar-refractivity contribution >= 4 is 29.1 Å². The van der Waals surface area contributed by atoms with Gasteiger partial charge in [-0.05, 0) is 29.8 Å². The number of pyridine rings is 2. The first-order chi connectivity index (χ1) is 17.8. The molecular weight excluding hydrogens is 491 g/mol. The summed E-state index contributed by atoms with van der Waals surface area (Å²) in [5, 5.41) is 8.86. The Morgan fingerprint density at radius 1 is 1.03 bits per heavy atom. The van der Waals surface area contributed by atoms with Gasteiger partial charge in [0, 0.05) is 36.9 Å². The lowest BCUT2D eigenvalue weighted by Crippen LogP contribution is -2.12. The number of nitrogens with one attached hydrogen (secondary N) is 3. The lowest BCUT2D eigenvalue weighted by atomic mass is 10.2. The van der Waals surface area contributed by atoms with Gasteiger partial charge in [0.05, 0.1) is 33.1 Å². The topological polar surface area (TPSA) is 107 Å². The number of halogens is 3. The minimum absolute atomic E-state index is 0.0996. The Morgan fingerprint density at radius 2 is 1.70 bits per heavy atom. The molecule has 1 aliphatic carbocycles. The van der Waals surface area contributed by atoms with Crippen molar-refractivity contribution < 1.29 is 32.2 Å². The van der Waals surface area contributed by atoms with E-state index in [0.717, 1.165) is 5.56 Å². The van der Waals surface area contributed by atoms with Crippen LogP contribution in [0.15, 0.2) is 42.6 Å². The molecular formula is C25H26F3N5O4. The predicted octanol–water partition coefficient (Wildman–Crippen LogP) is 5.10. The molecule has 37 heavy (non-hydrogen) atoms. The molecule has 0 bridgehead atoms. The van der Waals surface area contributed by atoms with Crippen LogP contribution in [0.25, 0.3) is 0 Å². The van der Waals surface area contributed by atoms with E-state index in [2.05, 4.69) is 25.9 Å². The van der Waals surface area contributed by atoms with Crippen LogP contribution in [-0.4, -0.2) is 49.5 Å². The third kappa shape index (κ3) is 6.51. The van der Waals surface area contributed by atoms with Crippen LogP contribution in [0.2, 0.25) is 0 Å². The predicted molar refractivity (Wildman–Crippen MR) is 132 cm³/mol. The number of methoxy groups -OCH3 is 3. The van der Waals surface area contributed by atoms with Gasteiger partial charge in [-0.25, -0.2) is 27.9 Å². The molecule has 2 atom stereocenters. The molecule has 1 aromatic carbocycles. The molecule has 0 saturated heterocycles. The molecule has 196 valence electrons. The molecule has 3 aromatic rings. The van der Waals surface area contributed by atoms with Crippen LogP contribution < -0.4 is 25.4 Å². The van der Waals surface area contributed by atoms with Gasteiger partial charge >= 0.3 is 5.97 Å². The molecule has 1 aliphatic rings. The number of esters is 1. The first-order valence-electron chi connectivity index (χ1n) is 11.3. The Labute approximate surface area is 211 Å². The van der Waals surface area contributed by atoms with E-state index in [1.807, 2.05) is 0 Å². The second kappa shape index (κ2) is 11.2. The Balaban J connectivity index is 1.57. The highest BCUT2D eigenvalue weighted by Crippen LogP contribution is 2.32. The highest BCUT2D eigenvalue weighted by Gasteiger charge is 2.38. The Morgan fingerprint density at radius 3 is 2.30 bits per heavy atom. The summed E-state index contributed by atoms with van der Waals surface area (Å²) >= 11 is 0. The van der Waals surface area contributed by atoms with Crippen molar-refractivity contribution in [2.24, 2.45) is 0 Å². The summed E-state index contributed by atoms with van der Waals surface area (Å²) in [5.41, 5.74) is 0.963. The number of anilines is 4. The fraction of sp³-hybridized carbons (Fsp3) is 0.320. The summed E-state index contributed by atoms with van der Waals surface area (Å²) in [6, 6.07) is 8.80. The third-order valence-electron chi connectivity index (χ3n) is 5.60. The van der Waals surface area contributed by atoms with E-state index in [-0.39, 0.29) is 35.1 Å². The van der Waals surface area contributed by atoms with Crippen LogP contribution in [0.4, 0.5) is 36.3 Å². The zero-order valence-electron chi connectivity index (χ0n) is 20.3. The largest absolute Gasteiger partial charge is 0.497 e. The third-order valence-corrected chi connectivity index (χ3v) is 5.60. The van der Waals surface area contributed by atoms with Gasteiger partial charge in [0.15, 0.2) is 0 Å². The Hall–Kier alpha value is -4.22. The van der Waals surface area contributed by atoms with Gasteiger partial charge in [0.25, 0.3) is 6.43 Å². The second-order valence-electron chi connectivity index (χ2n) is 8.28. The average molecular weight is 518 g/mol. The van der Waals surface area contributed by atoms with Gasteiger partial charge in [0.1, 0.15) is 40.7 Å². The molecule has 1 saturated carbocycles. The SMILES string of the molecule is COC(=O)c1cnc(Nc2cc(C(F)F)cc(NCc3cc(OC)cc(OC)c3)n2)cc1N[C@H]1C[C@H]1F. The van der Waals surface area contributed by atoms with Crippen molar-refractivity contribution in [3.05, 3.63) is 59.3 Å². The highest BCUT2D eigenvalue weighted by atomic mass is 19.3. The molecule has 2 heterocycles. The van der Waals surface area contributed by atoms with Crippen LogP contribution in [0.3, 0.4) is 0 Å². The molecule has 0 radical (unpaired) electrons. The molecule has 3 N–H and O–H groups in total. The van der Waals surface area contributed by atoms with Gasteiger partial charge in [-0.3, -0.25) is 0 Å². The number of alkyl halides is 3. The normalized spacial score (nSPS) is 16.2. The van der Waals surface area contributed by atoms with E-state index in [1.165, 1.54) is 45.7 Å². The van der Waals surface area contributed by atoms with Crippen LogP contribution in [-0.2, 0) is 11.3 Å². The van der Waals surface area contributed by atoms with Crippen molar-refractivity contribution in [2.75, 3.05) is 37.3 Å². The van der Waals surface area contributed by atoms with Crippen LogP contribution in [0.1, 0.15) is 34.3 Å². The fourth-order valence-electron chi connectivity index (χ4n) is 3.55. The number of ether oxygens (including phenoxy) is 3. The maximum atomic E-state index is 13.6. The molecule has 12 heteroatoms. The number of hydrogen-bond acceptors (Lipinski definition) is 9. The van der Waals surface area contributed by atoms with E-state index >= 15 is 0 Å². The van der Waals surface area contributed by atoms with E-state index in [4.69, 9.17) is 14.2 Å². The lowest BCUT2D eigenvalue weighted by Gasteiger charge is -2.14. The maximum absolute atomic E-state index is 13.6. The van der Waals surface area contributed by atoms with E-state index < -0.39 is 24.6 Å². The van der Waals surface area contributed by atoms with Crippen molar-refractivity contribution in [1.29, 1.82) is 0 Å². The number of benzene rings is 1. The van der Waals surface area contributed by atoms with Crippen molar-refractivity contribution in [2.45, 2.75) is 31.6 Å². The Kier molecular flexibility index (Phi) is 7.85. The maximum Gasteiger partial charge on any atom is 0.341 e. The number of aromatic nitrogens is 2. The number of rotatable bonds is 11. The van der Waals surface area contributed by atoms with Crippen LogP contribution >= 0.6 is 0 Å². The van der Waals surface area contributed by atoms with Crippen molar-refractivity contribution in [3.8, 4) is 11.5 Å². The quantitative estimate of drug-likeness (QED) is 0.300. The average Bonchev–Trinajstić information content (AvgIpc) is 3.60. The smallest absolute Gasteiger partial charge is 0.341 e. The number of nitrogens with zero attached hydrogens (tertiary/aromatic N) is 2. The van der Waals surface area contributed by atoms with Gasteiger partial charge in [0.2, 0.25) is 0 Å². The fourth-order valence-corrected chi connectivity index (χ4v) is 3.55. The van der Waals surface area contributed by atoms with E-state index in [1.54, 1.807) is 18.2 Å². The first kappa shape index (κ1) is 25.9. The minimum atomic E-state index is -2.75. The second-order valence-corrected chi connectivity index (χ2v) is 8.28. The number of hydrogen-bond donors (Lipinski definition) is 3. The summed E-state index contributed by atoms with van der Waals surface area (Å²) in [4.78, 5) is 20.6. The van der Waals surface area contributed by atoms with Crippen LogP contribution in [0, 0.1) is 0 Å². The van der Waals surface area contributed by atoms with Gasteiger partial charge < -0.3 is 30.2 Å². The summed E-state index contributed by atoms with van der Waals surface area (Å²) in [5.74, 6) is 1.05. The van der Waals surface area contributed by atoms with Crippen molar-refractivity contribution in [1.82, 2.24) is 9.97 Å². The minimum Gasteiger partial charge on any atom is -0.497 e. The van der Waals surface area contributed by atoms with Crippen LogP contribution in [0.5, 0.6) is 11.5 Å². The number of carbonyl (C=O) groups is 1. The number of carbonyl (C=O) groups excluding carboxylic acids is 1. The standard InChI is InChI=1S/C25H26F3N5O4/c1-35-15-4-13(5-16(8-15)36-2)11-29-21-6-14(24(27)28)7-23(32-21)33-22-10-19(31-20-9-18(20)26)17(12-30-22)25(34)37-3/h4-8,10,12,18,20,24H,9,11H2,1-3H3,(H3,29,30,31,32,33)/t18-,20+/m1/s1. The zero-order chi connectivity index (χ0) is 26.5. The molecule has 1 fully saturated rings. The zero-order valence-corrected chi connectivity index (χ0v) is 20.3. The van der Waals surface area contributed by atoms with Crippen molar-refractivity contribution in [3.63, 3.8) is 0 Å². The van der Waals surface area contributed by atoms with Gasteiger partial charge in [-0.1, -0.05) is 0 Å². The first-order valence-corrected chi connectivity index (χ1v) is 11.3. The molecule has 4 rings (SSSR count). The van der Waals surface area contributed by atoms with E-state index in [9.17, 15) is 18.0 Å². The molecule has 2 aromatic heterocycles.